The number of hydrogen-bond donors (Lipinski definition) is 2. The van der Waals surface area contributed by atoms with Gasteiger partial charge in [0, 0.05) is 17.8 Å². The molecule has 1 aromatic rings. The second kappa shape index (κ2) is 7.34. The molecule has 0 saturated heterocycles. The minimum absolute atomic E-state index is 0.0140. The van der Waals surface area contributed by atoms with Crippen molar-refractivity contribution in [3.05, 3.63) is 34.4 Å². The van der Waals surface area contributed by atoms with Crippen LogP contribution in [0.3, 0.4) is 0 Å². The summed E-state index contributed by atoms with van der Waals surface area (Å²) < 4.78 is 0. The van der Waals surface area contributed by atoms with Crippen molar-refractivity contribution in [2.45, 2.75) is 32.4 Å². The second-order valence-electron chi connectivity index (χ2n) is 4.92. The Kier molecular flexibility index (Phi) is 5.79. The largest absolute Gasteiger partial charge is 0.544 e. The van der Waals surface area contributed by atoms with Crippen LogP contribution in [0.25, 0.3) is 0 Å². The number of carboxylic acids is 1. The zero-order chi connectivity index (χ0) is 16.0. The van der Waals surface area contributed by atoms with Crippen LogP contribution >= 0.6 is 0 Å². The standard InChI is InChI=1S/C13H17N3O5/c1-8(2)14-11(13(18)19)7-12(17)15-9-3-5-10(6-4-9)16(20)21/h3-6,8,11,14H,7H2,1-2H3,(H,15,17)(H,18,19)/t11-/m1/s1. The van der Waals surface area contributed by atoms with Crippen molar-refractivity contribution in [2.24, 2.45) is 0 Å². The molecule has 0 spiro atoms. The van der Waals surface area contributed by atoms with Gasteiger partial charge in [-0.2, -0.15) is 0 Å². The molecule has 0 aliphatic rings. The number of hydrogen-bond acceptors (Lipinski definition) is 5. The SMILES string of the molecule is CC(C)[NH2+][C@H](CC(=O)Nc1ccc([N+](=O)[O-])cc1)C(=O)[O-]. The van der Waals surface area contributed by atoms with Gasteiger partial charge >= 0.3 is 0 Å². The quantitative estimate of drug-likeness (QED) is 0.493. The third-order valence-corrected chi connectivity index (χ3v) is 2.69. The highest BCUT2D eigenvalue weighted by molar-refractivity contribution is 5.93. The van der Waals surface area contributed by atoms with Crippen LogP contribution in [0.15, 0.2) is 24.3 Å². The number of amides is 1. The van der Waals surface area contributed by atoms with E-state index in [-0.39, 0.29) is 18.2 Å². The Morgan fingerprint density at radius 1 is 1.29 bits per heavy atom. The van der Waals surface area contributed by atoms with Gasteiger partial charge in [-0.1, -0.05) is 0 Å². The number of nitrogens with one attached hydrogen (secondary N) is 1. The summed E-state index contributed by atoms with van der Waals surface area (Å²) in [5.74, 6) is -1.79. The summed E-state index contributed by atoms with van der Waals surface area (Å²) in [6, 6.07) is 4.33. The van der Waals surface area contributed by atoms with Gasteiger partial charge in [0.1, 0.15) is 6.04 Å². The summed E-state index contributed by atoms with van der Waals surface area (Å²) in [5, 5.41) is 25.5. The number of carboxylic acid groups (broad SMARTS) is 1. The van der Waals surface area contributed by atoms with Crippen molar-refractivity contribution >= 4 is 23.3 Å². The molecule has 3 N–H and O–H groups in total. The third-order valence-electron chi connectivity index (χ3n) is 2.69. The van der Waals surface area contributed by atoms with Gasteiger partial charge in [0.15, 0.2) is 0 Å². The highest BCUT2D eigenvalue weighted by atomic mass is 16.6. The first-order chi connectivity index (χ1) is 9.79. The Morgan fingerprint density at radius 2 is 1.86 bits per heavy atom. The molecule has 114 valence electrons. The number of rotatable bonds is 7. The lowest BCUT2D eigenvalue weighted by molar-refractivity contribution is -0.708. The van der Waals surface area contributed by atoms with E-state index in [1.165, 1.54) is 29.6 Å². The number of nitro benzene ring substituents is 1. The zero-order valence-corrected chi connectivity index (χ0v) is 11.7. The van der Waals surface area contributed by atoms with Crippen molar-refractivity contribution in [1.82, 2.24) is 0 Å². The molecule has 1 rings (SSSR count). The monoisotopic (exact) mass is 295 g/mol. The summed E-state index contributed by atoms with van der Waals surface area (Å²) in [5.41, 5.74) is 0.279. The number of quaternary nitrogens is 1. The second-order valence-corrected chi connectivity index (χ2v) is 4.92. The Labute approximate surface area is 121 Å². The zero-order valence-electron chi connectivity index (χ0n) is 11.7. The molecule has 0 bridgehead atoms. The topological polar surface area (TPSA) is 129 Å². The molecule has 0 fully saturated rings. The summed E-state index contributed by atoms with van der Waals surface area (Å²) in [6.07, 6.45) is -0.239. The van der Waals surface area contributed by atoms with Crippen LogP contribution in [0.5, 0.6) is 0 Å². The first-order valence-corrected chi connectivity index (χ1v) is 6.39. The predicted molar refractivity (Wildman–Crippen MR) is 72.2 cm³/mol. The molecule has 0 saturated carbocycles. The molecule has 0 unspecified atom stereocenters. The van der Waals surface area contributed by atoms with Crippen molar-refractivity contribution in [1.29, 1.82) is 0 Å². The van der Waals surface area contributed by atoms with Gasteiger partial charge in [-0.25, -0.2) is 0 Å². The molecule has 0 aliphatic heterocycles. The number of aliphatic carboxylic acids is 1. The molecule has 1 amide bonds. The fourth-order valence-corrected chi connectivity index (χ4v) is 1.77. The van der Waals surface area contributed by atoms with Gasteiger partial charge in [-0.15, -0.1) is 0 Å². The van der Waals surface area contributed by atoms with E-state index in [9.17, 15) is 24.8 Å². The van der Waals surface area contributed by atoms with Gasteiger partial charge in [0.05, 0.1) is 23.4 Å². The maximum Gasteiger partial charge on any atom is 0.269 e. The predicted octanol–water partition coefficient (Wildman–Crippen LogP) is -0.986. The first kappa shape index (κ1) is 16.6. The van der Waals surface area contributed by atoms with Crippen molar-refractivity contribution in [3.8, 4) is 0 Å². The number of carbonyl (C=O) groups excluding carboxylic acids is 2. The number of nitro groups is 1. The Bertz CT molecular complexity index is 527. The summed E-state index contributed by atoms with van der Waals surface area (Å²) in [6.45, 7) is 3.62. The first-order valence-electron chi connectivity index (χ1n) is 6.39. The van der Waals surface area contributed by atoms with Crippen LogP contribution < -0.4 is 15.7 Å². The van der Waals surface area contributed by atoms with Gasteiger partial charge in [-0.3, -0.25) is 14.9 Å². The van der Waals surface area contributed by atoms with E-state index in [1.807, 2.05) is 13.8 Å². The Morgan fingerprint density at radius 3 is 2.29 bits per heavy atom. The lowest BCUT2D eigenvalue weighted by Crippen LogP contribution is -2.96. The van der Waals surface area contributed by atoms with Crippen LogP contribution in [-0.2, 0) is 9.59 Å². The molecule has 8 heteroatoms. The van der Waals surface area contributed by atoms with E-state index in [0.717, 1.165) is 0 Å². The minimum atomic E-state index is -1.30. The minimum Gasteiger partial charge on any atom is -0.544 e. The van der Waals surface area contributed by atoms with E-state index in [0.29, 0.717) is 5.69 Å². The summed E-state index contributed by atoms with van der Waals surface area (Å²) in [4.78, 5) is 32.7. The van der Waals surface area contributed by atoms with E-state index >= 15 is 0 Å². The van der Waals surface area contributed by atoms with E-state index < -0.39 is 22.8 Å². The van der Waals surface area contributed by atoms with Gasteiger partial charge in [-0.05, 0) is 26.0 Å². The number of non-ortho nitro benzene ring substituents is 1. The molecular formula is C13H17N3O5. The van der Waals surface area contributed by atoms with Gasteiger partial charge < -0.3 is 20.5 Å². The molecule has 1 atom stereocenters. The molecule has 8 nitrogen and oxygen atoms in total. The molecule has 0 aromatic heterocycles. The molecule has 0 radical (unpaired) electrons. The maximum atomic E-state index is 11.8. The van der Waals surface area contributed by atoms with Crippen LogP contribution in [0.2, 0.25) is 0 Å². The van der Waals surface area contributed by atoms with E-state index in [4.69, 9.17) is 0 Å². The van der Waals surface area contributed by atoms with E-state index in [2.05, 4.69) is 5.32 Å². The fourth-order valence-electron chi connectivity index (χ4n) is 1.77. The van der Waals surface area contributed by atoms with Crippen LogP contribution in [-0.4, -0.2) is 28.9 Å². The third kappa shape index (κ3) is 5.57. The van der Waals surface area contributed by atoms with Crippen LogP contribution in [0.4, 0.5) is 11.4 Å². The highest BCUT2D eigenvalue weighted by Gasteiger charge is 2.19. The lowest BCUT2D eigenvalue weighted by Gasteiger charge is -2.18. The summed E-state index contributed by atoms with van der Waals surface area (Å²) >= 11 is 0. The molecule has 21 heavy (non-hydrogen) atoms. The van der Waals surface area contributed by atoms with Crippen molar-refractivity contribution < 1.29 is 24.9 Å². The van der Waals surface area contributed by atoms with Crippen LogP contribution in [0, 0.1) is 10.1 Å². The molecule has 0 heterocycles. The Hall–Kier alpha value is -2.48. The lowest BCUT2D eigenvalue weighted by atomic mass is 10.1. The van der Waals surface area contributed by atoms with Gasteiger partial charge in [0.2, 0.25) is 5.91 Å². The average Bonchev–Trinajstić information content (AvgIpc) is 2.37. The summed E-state index contributed by atoms with van der Waals surface area (Å²) in [7, 11) is 0. The number of nitrogens with two attached hydrogens (primary N) is 1. The Balaban J connectivity index is 2.63. The van der Waals surface area contributed by atoms with Crippen molar-refractivity contribution in [3.63, 3.8) is 0 Å². The van der Waals surface area contributed by atoms with Crippen molar-refractivity contribution in [2.75, 3.05) is 5.32 Å². The number of carbonyl (C=O) groups is 2. The average molecular weight is 295 g/mol. The van der Waals surface area contributed by atoms with Gasteiger partial charge in [0.25, 0.3) is 5.69 Å². The van der Waals surface area contributed by atoms with Crippen LogP contribution in [0.1, 0.15) is 20.3 Å². The molecule has 1 aromatic carbocycles. The molecule has 0 aliphatic carbocycles. The maximum absolute atomic E-state index is 11.8. The van der Waals surface area contributed by atoms with E-state index in [1.54, 1.807) is 0 Å². The highest BCUT2D eigenvalue weighted by Crippen LogP contribution is 2.15. The number of anilines is 1. The molecular weight excluding hydrogens is 278 g/mol. The smallest absolute Gasteiger partial charge is 0.269 e. The number of benzene rings is 1. The number of nitrogens with zero attached hydrogens (tertiary/aromatic N) is 1. The fraction of sp³-hybridized carbons (Fsp3) is 0.385. The normalized spacial score (nSPS) is 12.0.